The summed E-state index contributed by atoms with van der Waals surface area (Å²) < 4.78 is 159. The summed E-state index contributed by atoms with van der Waals surface area (Å²) in [7, 11) is 1.67. The molecule has 0 spiro atoms. The lowest BCUT2D eigenvalue weighted by Crippen LogP contribution is -2.62. The van der Waals surface area contributed by atoms with Crippen LogP contribution in [-0.4, -0.2) is 160 Å². The Bertz CT molecular complexity index is 2730. The Morgan fingerprint density at radius 1 is 0.900 bits per heavy atom. The number of hydrazine groups is 1. The van der Waals surface area contributed by atoms with E-state index in [0.29, 0.717) is 69.2 Å². The van der Waals surface area contributed by atoms with Gasteiger partial charge in [0.1, 0.15) is 23.5 Å². The van der Waals surface area contributed by atoms with E-state index in [1.165, 1.54) is 12.1 Å². The third-order valence-corrected chi connectivity index (χ3v) is 13.8. The van der Waals surface area contributed by atoms with Crippen molar-refractivity contribution in [2.75, 3.05) is 71.6 Å². The number of ether oxygens (including phenoxy) is 3. The highest BCUT2D eigenvalue weighted by Crippen LogP contribution is 2.45. The fourth-order valence-electron chi connectivity index (χ4n) is 8.53. The normalized spacial score (nSPS) is 17.2. The van der Waals surface area contributed by atoms with Crippen LogP contribution in [0.3, 0.4) is 0 Å². The third kappa shape index (κ3) is 17.0. The molecule has 2 aliphatic heterocycles. The van der Waals surface area contributed by atoms with E-state index in [1.54, 1.807) is 24.4 Å². The molecule has 3 amide bonds. The van der Waals surface area contributed by atoms with E-state index < -0.39 is 127 Å². The second-order valence-corrected chi connectivity index (χ2v) is 20.1. The molecule has 0 aliphatic carbocycles. The molecule has 5 atom stereocenters. The zero-order chi connectivity index (χ0) is 59.3. The molecule has 5 rings (SSSR count). The molecule has 2 aliphatic rings. The van der Waals surface area contributed by atoms with Gasteiger partial charge in [-0.1, -0.05) is 37.8 Å². The number of aliphatic hydroxyl groups is 1. The quantitative estimate of drug-likeness (QED) is 0.0276. The fraction of sp³-hybridized carbons (Fsp3) is 0.509. The molecular formula is C53H63F10N9O8. The number of aliphatic imine (C=N–C) groups is 1. The number of rotatable bonds is 21. The Labute approximate surface area is 455 Å². The molecule has 2 aromatic carbocycles. The smallest absolute Gasteiger partial charge is 0.407 e. The number of nitrogens with two attached hydrogens (primary N) is 1. The largest absolute Gasteiger partial charge is 0.469 e. The van der Waals surface area contributed by atoms with Gasteiger partial charge in [0.2, 0.25) is 11.8 Å². The summed E-state index contributed by atoms with van der Waals surface area (Å²) in [6, 6.07) is 7.13. The van der Waals surface area contributed by atoms with Crippen LogP contribution in [0.5, 0.6) is 0 Å². The maximum absolute atomic E-state index is 16.0. The number of benzene rings is 2. The van der Waals surface area contributed by atoms with Crippen LogP contribution in [0.2, 0.25) is 0 Å². The molecule has 1 aromatic heterocycles. The van der Waals surface area contributed by atoms with E-state index in [1.807, 2.05) is 11.4 Å². The highest BCUT2D eigenvalue weighted by Gasteiger charge is 2.57. The van der Waals surface area contributed by atoms with Crippen molar-refractivity contribution in [3.63, 3.8) is 0 Å². The number of alkyl halides is 8. The van der Waals surface area contributed by atoms with E-state index in [2.05, 4.69) is 51.8 Å². The van der Waals surface area contributed by atoms with Crippen LogP contribution in [-0.2, 0) is 41.6 Å². The van der Waals surface area contributed by atoms with Crippen molar-refractivity contribution in [3.05, 3.63) is 100 Å². The molecule has 438 valence electrons. The summed E-state index contributed by atoms with van der Waals surface area (Å²) in [5.74, 6) is -2.71. The zero-order valence-electron chi connectivity index (χ0n) is 44.5. The number of piperazine rings is 1. The highest BCUT2D eigenvalue weighted by molar-refractivity contribution is 5.87. The molecule has 17 nitrogen and oxygen atoms in total. The predicted octanol–water partition coefficient (Wildman–Crippen LogP) is 5.92. The minimum Gasteiger partial charge on any atom is -0.469 e. The number of methoxy groups -OCH3 is 2. The van der Waals surface area contributed by atoms with Gasteiger partial charge in [-0.05, 0) is 68.3 Å². The molecule has 27 heteroatoms. The molecule has 0 unspecified atom stereocenters. The first-order valence-electron chi connectivity index (χ1n) is 24.9. The van der Waals surface area contributed by atoms with E-state index in [4.69, 9.17) is 10.5 Å². The van der Waals surface area contributed by atoms with Gasteiger partial charge >= 0.3 is 24.4 Å². The summed E-state index contributed by atoms with van der Waals surface area (Å²) in [5, 5.41) is 16.8. The van der Waals surface area contributed by atoms with Gasteiger partial charge in [-0.2, -0.15) is 26.3 Å². The molecule has 2 fully saturated rings. The van der Waals surface area contributed by atoms with Crippen LogP contribution in [0.15, 0.2) is 65.8 Å². The predicted molar refractivity (Wildman–Crippen MR) is 272 cm³/mol. The number of amides is 3. The van der Waals surface area contributed by atoms with Crippen molar-refractivity contribution in [2.45, 2.75) is 90.1 Å². The lowest BCUT2D eigenvalue weighted by atomic mass is 9.75. The molecular weight excluding hydrogens is 1080 g/mol. The second-order valence-electron chi connectivity index (χ2n) is 20.1. The number of morpholine rings is 1. The number of carbonyl (C=O) groups excluding carboxylic acids is 4. The molecule has 6 N–H and O–H groups in total. The number of pyridine rings is 1. The van der Waals surface area contributed by atoms with Crippen LogP contribution in [0.25, 0.3) is 5.70 Å². The van der Waals surface area contributed by atoms with Crippen molar-refractivity contribution in [3.8, 4) is 11.8 Å². The summed E-state index contributed by atoms with van der Waals surface area (Å²) in [6.07, 6.45) is -14.9. The van der Waals surface area contributed by atoms with E-state index in [0.717, 1.165) is 58.5 Å². The standard InChI is InChI=1S/C53H63F10N9O8/c1-50(2,52(58,59)60)37(24-45(74)78-5)47(75)69-72(28-36-38(54)22-34(23-39(36)55)40(64)15-16-65-26-43(56)57)29-42(73)41(67-48(76)46(68-49(77)79-6)51(3,4)53(61,62)63)21-32-10-7-31(8-11-32)9-12-33-13-14-44(66-25-33)71-18-17-70-19-20-80-30-35(70)27-71/h7-8,10-11,13-16,22-23,25,35,37,41-43,46,73H,17-21,24,26-30,64H2,1-6H3,(H,67,76)(H,68,77)(H,69,75)/t35-,37-,41+,42+,46-/m1/s1. The molecule has 80 heavy (non-hydrogen) atoms. The van der Waals surface area contributed by atoms with E-state index in [-0.39, 0.29) is 22.9 Å². The molecule has 0 bridgehead atoms. The number of aromatic nitrogens is 1. The number of hydrogen-bond donors (Lipinski definition) is 5. The first-order valence-corrected chi connectivity index (χ1v) is 24.9. The van der Waals surface area contributed by atoms with Crippen LogP contribution in [0, 0.1) is 40.2 Å². The van der Waals surface area contributed by atoms with E-state index >= 15 is 8.78 Å². The van der Waals surface area contributed by atoms with Gasteiger partial charge in [0.15, 0.2) is 0 Å². The minimum atomic E-state index is -5.17. The zero-order valence-corrected chi connectivity index (χ0v) is 44.5. The van der Waals surface area contributed by atoms with Crippen LogP contribution in [0.4, 0.5) is 54.5 Å². The number of anilines is 1. The summed E-state index contributed by atoms with van der Waals surface area (Å²) >= 11 is 0. The number of nitrogens with one attached hydrogen (secondary N) is 3. The molecule has 3 heterocycles. The van der Waals surface area contributed by atoms with Gasteiger partial charge in [0, 0.05) is 79.6 Å². The monoisotopic (exact) mass is 1140 g/mol. The molecule has 2 saturated heterocycles. The maximum atomic E-state index is 16.0. The lowest BCUT2D eigenvalue weighted by Gasteiger charge is -2.44. The summed E-state index contributed by atoms with van der Waals surface area (Å²) in [6.45, 7) is 3.88. The number of halogens is 10. The van der Waals surface area contributed by atoms with Crippen molar-refractivity contribution in [1.29, 1.82) is 0 Å². The van der Waals surface area contributed by atoms with Crippen LogP contribution >= 0.6 is 0 Å². The molecule has 0 radical (unpaired) electrons. The number of carbonyl (C=O) groups is 4. The number of nitrogens with zero attached hydrogens (tertiary/aromatic N) is 5. The van der Waals surface area contributed by atoms with Crippen molar-refractivity contribution in [1.82, 2.24) is 31.0 Å². The summed E-state index contributed by atoms with van der Waals surface area (Å²) in [5.41, 5.74) is 1.65. The van der Waals surface area contributed by atoms with Crippen molar-refractivity contribution >= 4 is 41.6 Å². The Morgan fingerprint density at radius 2 is 1.54 bits per heavy atom. The number of esters is 1. The Kier molecular flexibility index (Phi) is 21.9. The number of hydrogen-bond acceptors (Lipinski definition) is 14. The number of aliphatic hydroxyl groups excluding tert-OH is 1. The van der Waals surface area contributed by atoms with Crippen molar-refractivity contribution in [2.24, 2.45) is 27.5 Å². The van der Waals surface area contributed by atoms with Gasteiger partial charge in [-0.15, -0.1) is 0 Å². The third-order valence-electron chi connectivity index (χ3n) is 13.8. The Balaban J connectivity index is 1.51. The first kappa shape index (κ1) is 63.8. The average molecular weight is 1140 g/mol. The Hall–Kier alpha value is -7.02. The minimum absolute atomic E-state index is 0.253. The second kappa shape index (κ2) is 27.4. The number of allylic oxidation sites excluding steroid dienone is 1. The lowest BCUT2D eigenvalue weighted by molar-refractivity contribution is -0.231. The SMILES string of the molecule is COC(=O)C[C@H](C(=O)NN(Cc1c(F)cc(C(N)=CC=NCC(F)F)cc1F)C[C@H](O)[C@H](Cc1ccc(C#Cc2ccc(N3CCN4CCOC[C@H]4C3)nc2)cc1)NC(=O)[C@@H](NC(=O)OC)C(C)(C)C(F)(F)F)C(C)(C)C(F)(F)F. The van der Waals surface area contributed by atoms with Crippen LogP contribution < -0.4 is 26.7 Å². The number of alkyl carbamates (subject to hydrolysis) is 1. The average Bonchev–Trinajstić information content (AvgIpc) is 3.41. The first-order chi connectivity index (χ1) is 37.4. The van der Waals surface area contributed by atoms with Gasteiger partial charge in [0.25, 0.3) is 6.43 Å². The summed E-state index contributed by atoms with van der Waals surface area (Å²) in [4.78, 5) is 65.6. The van der Waals surface area contributed by atoms with Gasteiger partial charge in [-0.25, -0.2) is 32.3 Å². The van der Waals surface area contributed by atoms with Crippen molar-refractivity contribution < 1.29 is 82.4 Å². The van der Waals surface area contributed by atoms with Gasteiger partial charge in [-0.3, -0.25) is 29.7 Å². The van der Waals surface area contributed by atoms with E-state index in [9.17, 15) is 59.4 Å². The van der Waals surface area contributed by atoms with Gasteiger partial charge in [0.05, 0.1) is 75.3 Å². The van der Waals surface area contributed by atoms with Gasteiger partial charge < -0.3 is 40.6 Å². The topological polar surface area (TPSA) is 213 Å². The maximum Gasteiger partial charge on any atom is 0.407 e. The van der Waals surface area contributed by atoms with Crippen LogP contribution in [0.1, 0.15) is 61.9 Å². The highest BCUT2D eigenvalue weighted by atomic mass is 19.4. The Morgan fingerprint density at radius 3 is 2.12 bits per heavy atom. The molecule has 3 aromatic rings. The fourth-order valence-corrected chi connectivity index (χ4v) is 8.53. The molecule has 0 saturated carbocycles. The number of fused-ring (bicyclic) bond motifs is 1.